The molecule has 1 aliphatic carbocycles. The molecule has 3 N–H and O–H groups in total. The van der Waals surface area contributed by atoms with E-state index in [4.69, 9.17) is 5.73 Å². The Morgan fingerprint density at radius 2 is 2.06 bits per heavy atom. The fourth-order valence-electron chi connectivity index (χ4n) is 3.45. The predicted molar refractivity (Wildman–Crippen MR) is 66.2 cm³/mol. The fourth-order valence-corrected chi connectivity index (χ4v) is 3.45. The van der Waals surface area contributed by atoms with Crippen LogP contribution >= 0.6 is 0 Å². The molecule has 0 aromatic carbocycles. The molecular formula is C13H26N2O. The third kappa shape index (κ3) is 2.58. The van der Waals surface area contributed by atoms with Gasteiger partial charge in [0.2, 0.25) is 0 Å². The molecule has 0 aromatic heterocycles. The average Bonchev–Trinajstić information content (AvgIpc) is 2.78. The number of aliphatic hydroxyl groups is 1. The van der Waals surface area contributed by atoms with E-state index in [-0.39, 0.29) is 6.10 Å². The largest absolute Gasteiger partial charge is 0.393 e. The highest BCUT2D eigenvalue weighted by molar-refractivity contribution is 4.89. The Hall–Kier alpha value is -0.120. The SMILES string of the molecule is CC(O)C1CCN(C2CCCCC2CN)C1. The molecule has 4 unspecified atom stereocenters. The van der Waals surface area contributed by atoms with Gasteiger partial charge in [-0.3, -0.25) is 4.90 Å². The summed E-state index contributed by atoms with van der Waals surface area (Å²) >= 11 is 0. The highest BCUT2D eigenvalue weighted by atomic mass is 16.3. The summed E-state index contributed by atoms with van der Waals surface area (Å²) in [5.41, 5.74) is 5.88. The summed E-state index contributed by atoms with van der Waals surface area (Å²) in [5.74, 6) is 1.18. The van der Waals surface area contributed by atoms with Crippen LogP contribution in [-0.2, 0) is 0 Å². The van der Waals surface area contributed by atoms with Gasteiger partial charge in [-0.05, 0) is 51.1 Å². The molecule has 2 rings (SSSR count). The molecule has 3 heteroatoms. The van der Waals surface area contributed by atoms with E-state index in [1.54, 1.807) is 0 Å². The van der Waals surface area contributed by atoms with Crippen molar-refractivity contribution in [2.75, 3.05) is 19.6 Å². The van der Waals surface area contributed by atoms with Crippen LogP contribution in [0.15, 0.2) is 0 Å². The zero-order chi connectivity index (χ0) is 11.5. The first-order chi connectivity index (χ1) is 7.72. The van der Waals surface area contributed by atoms with Crippen molar-refractivity contribution in [1.29, 1.82) is 0 Å². The van der Waals surface area contributed by atoms with E-state index in [2.05, 4.69) is 4.90 Å². The highest BCUT2D eigenvalue weighted by Crippen LogP contribution is 2.32. The summed E-state index contributed by atoms with van der Waals surface area (Å²) in [6.45, 7) is 5.01. The van der Waals surface area contributed by atoms with Gasteiger partial charge in [-0.2, -0.15) is 0 Å². The predicted octanol–water partition coefficient (Wildman–Crippen LogP) is 1.21. The molecule has 16 heavy (non-hydrogen) atoms. The molecule has 0 aromatic rings. The van der Waals surface area contributed by atoms with Crippen LogP contribution < -0.4 is 5.73 Å². The third-order valence-corrected chi connectivity index (χ3v) is 4.58. The molecule has 1 saturated carbocycles. The molecule has 4 atom stereocenters. The Morgan fingerprint density at radius 3 is 2.69 bits per heavy atom. The van der Waals surface area contributed by atoms with Gasteiger partial charge in [-0.25, -0.2) is 0 Å². The van der Waals surface area contributed by atoms with Gasteiger partial charge in [0, 0.05) is 12.6 Å². The molecule has 0 spiro atoms. The van der Waals surface area contributed by atoms with Crippen molar-refractivity contribution in [3.8, 4) is 0 Å². The van der Waals surface area contributed by atoms with Gasteiger partial charge >= 0.3 is 0 Å². The van der Waals surface area contributed by atoms with Crippen LogP contribution in [0.25, 0.3) is 0 Å². The highest BCUT2D eigenvalue weighted by Gasteiger charge is 2.35. The van der Waals surface area contributed by atoms with E-state index in [0.717, 1.165) is 26.1 Å². The summed E-state index contributed by atoms with van der Waals surface area (Å²) in [4.78, 5) is 2.59. The normalized spacial score (nSPS) is 38.8. The van der Waals surface area contributed by atoms with Crippen molar-refractivity contribution < 1.29 is 5.11 Å². The molecule has 2 aliphatic rings. The van der Waals surface area contributed by atoms with E-state index >= 15 is 0 Å². The van der Waals surface area contributed by atoms with Crippen molar-refractivity contribution in [3.05, 3.63) is 0 Å². The van der Waals surface area contributed by atoms with Crippen molar-refractivity contribution in [2.24, 2.45) is 17.6 Å². The van der Waals surface area contributed by atoms with Crippen LogP contribution in [0.3, 0.4) is 0 Å². The minimum Gasteiger partial charge on any atom is -0.393 e. The topological polar surface area (TPSA) is 49.5 Å². The lowest BCUT2D eigenvalue weighted by Crippen LogP contribution is -2.44. The van der Waals surface area contributed by atoms with Gasteiger partial charge < -0.3 is 10.8 Å². The Balaban J connectivity index is 1.91. The molecule has 0 amide bonds. The van der Waals surface area contributed by atoms with E-state index in [1.165, 1.54) is 25.7 Å². The van der Waals surface area contributed by atoms with Crippen LogP contribution in [0.1, 0.15) is 39.0 Å². The molecule has 1 saturated heterocycles. The minimum absolute atomic E-state index is 0.148. The van der Waals surface area contributed by atoms with Crippen molar-refractivity contribution in [2.45, 2.75) is 51.2 Å². The molecule has 94 valence electrons. The van der Waals surface area contributed by atoms with Crippen LogP contribution in [0.4, 0.5) is 0 Å². The van der Waals surface area contributed by atoms with E-state index in [0.29, 0.717) is 17.9 Å². The van der Waals surface area contributed by atoms with Gasteiger partial charge in [-0.1, -0.05) is 12.8 Å². The van der Waals surface area contributed by atoms with Crippen LogP contribution in [-0.4, -0.2) is 41.8 Å². The standard InChI is InChI=1S/C13H26N2O/c1-10(16)12-6-7-15(9-12)13-5-3-2-4-11(13)8-14/h10-13,16H,2-9,14H2,1H3. The second-order valence-corrected chi connectivity index (χ2v) is 5.63. The molecule has 0 radical (unpaired) electrons. The zero-order valence-electron chi connectivity index (χ0n) is 10.4. The summed E-state index contributed by atoms with van der Waals surface area (Å²) in [6, 6.07) is 0.697. The molecule has 2 fully saturated rings. The van der Waals surface area contributed by atoms with Gasteiger partial charge in [0.15, 0.2) is 0 Å². The summed E-state index contributed by atoms with van der Waals surface area (Å²) in [7, 11) is 0. The number of aliphatic hydroxyl groups excluding tert-OH is 1. The first kappa shape index (κ1) is 12.3. The van der Waals surface area contributed by atoms with Crippen molar-refractivity contribution in [1.82, 2.24) is 4.90 Å². The fraction of sp³-hybridized carbons (Fsp3) is 1.00. The molecule has 1 aliphatic heterocycles. The maximum Gasteiger partial charge on any atom is 0.0552 e. The molecule has 1 heterocycles. The molecule has 3 nitrogen and oxygen atoms in total. The van der Waals surface area contributed by atoms with E-state index in [1.807, 2.05) is 6.92 Å². The molecule has 0 bridgehead atoms. The maximum absolute atomic E-state index is 9.64. The first-order valence-corrected chi connectivity index (χ1v) is 6.84. The number of hydrogen-bond donors (Lipinski definition) is 2. The van der Waals surface area contributed by atoms with Crippen LogP contribution in [0.5, 0.6) is 0 Å². The van der Waals surface area contributed by atoms with Gasteiger partial charge in [-0.15, -0.1) is 0 Å². The number of hydrogen-bond acceptors (Lipinski definition) is 3. The Morgan fingerprint density at radius 1 is 1.31 bits per heavy atom. The monoisotopic (exact) mass is 226 g/mol. The number of nitrogens with two attached hydrogens (primary N) is 1. The van der Waals surface area contributed by atoms with Gasteiger partial charge in [0.05, 0.1) is 6.10 Å². The Kier molecular flexibility index (Phi) is 4.22. The summed E-state index contributed by atoms with van der Waals surface area (Å²) in [6.07, 6.45) is 6.34. The number of rotatable bonds is 3. The Bertz CT molecular complexity index is 220. The van der Waals surface area contributed by atoms with Crippen molar-refractivity contribution >= 4 is 0 Å². The van der Waals surface area contributed by atoms with Crippen molar-refractivity contribution in [3.63, 3.8) is 0 Å². The van der Waals surface area contributed by atoms with E-state index in [9.17, 15) is 5.11 Å². The second-order valence-electron chi connectivity index (χ2n) is 5.63. The van der Waals surface area contributed by atoms with Crippen LogP contribution in [0.2, 0.25) is 0 Å². The average molecular weight is 226 g/mol. The lowest BCUT2D eigenvalue weighted by molar-refractivity contribution is 0.0986. The van der Waals surface area contributed by atoms with Gasteiger partial charge in [0.25, 0.3) is 0 Å². The number of likely N-dealkylation sites (tertiary alicyclic amines) is 1. The summed E-state index contributed by atoms with van der Waals surface area (Å²) in [5, 5.41) is 9.64. The quantitative estimate of drug-likeness (QED) is 0.760. The number of nitrogens with zero attached hydrogens (tertiary/aromatic N) is 1. The minimum atomic E-state index is -0.148. The summed E-state index contributed by atoms with van der Waals surface area (Å²) < 4.78 is 0. The third-order valence-electron chi connectivity index (χ3n) is 4.58. The molecular weight excluding hydrogens is 200 g/mol. The Labute approximate surface area is 99.0 Å². The zero-order valence-corrected chi connectivity index (χ0v) is 10.4. The lowest BCUT2D eigenvalue weighted by Gasteiger charge is -2.37. The van der Waals surface area contributed by atoms with Gasteiger partial charge in [0.1, 0.15) is 0 Å². The maximum atomic E-state index is 9.64. The second kappa shape index (κ2) is 5.48. The van der Waals surface area contributed by atoms with E-state index < -0.39 is 0 Å². The van der Waals surface area contributed by atoms with Crippen LogP contribution in [0, 0.1) is 11.8 Å². The first-order valence-electron chi connectivity index (χ1n) is 6.84. The lowest BCUT2D eigenvalue weighted by atomic mass is 9.83. The smallest absolute Gasteiger partial charge is 0.0552 e.